The van der Waals surface area contributed by atoms with E-state index in [0.29, 0.717) is 18.3 Å². The van der Waals surface area contributed by atoms with Crippen molar-refractivity contribution in [2.45, 2.75) is 18.9 Å². The van der Waals surface area contributed by atoms with E-state index in [0.717, 1.165) is 57.0 Å². The molecule has 1 aromatic heterocycles. The smallest absolute Gasteiger partial charge is 0.271 e. The molecule has 3 heterocycles. The van der Waals surface area contributed by atoms with Gasteiger partial charge >= 0.3 is 0 Å². The molecule has 28 heavy (non-hydrogen) atoms. The number of H-pyrrole nitrogens is 2. The van der Waals surface area contributed by atoms with Crippen LogP contribution in [0.3, 0.4) is 0 Å². The third-order valence-electron chi connectivity index (χ3n) is 5.77. The number of aromatic amines is 2. The number of ether oxygens (including phenoxy) is 1. The largest absolute Gasteiger partial charge is 0.495 e. The highest BCUT2D eigenvalue weighted by molar-refractivity contribution is 5.92. The summed E-state index contributed by atoms with van der Waals surface area (Å²) in [5, 5.41) is 5.11. The lowest BCUT2D eigenvalue weighted by molar-refractivity contribution is 0.0558. The van der Waals surface area contributed by atoms with Gasteiger partial charge in [-0.1, -0.05) is 12.1 Å². The van der Waals surface area contributed by atoms with Crippen LogP contribution in [-0.4, -0.2) is 78.3 Å². The highest BCUT2D eigenvalue weighted by atomic mass is 16.5. The number of carbonyl (C=O) groups excluding carboxylic acids is 1. The predicted molar refractivity (Wildman–Crippen MR) is 107 cm³/mol. The molecule has 1 atom stereocenters. The number of methoxy groups -OCH3 is 1. The first kappa shape index (κ1) is 18.6. The van der Waals surface area contributed by atoms with E-state index in [2.05, 4.69) is 26.1 Å². The number of aromatic nitrogens is 2. The Morgan fingerprint density at radius 2 is 1.89 bits per heavy atom. The minimum absolute atomic E-state index is 0.101. The van der Waals surface area contributed by atoms with Gasteiger partial charge < -0.3 is 14.5 Å². The summed E-state index contributed by atoms with van der Waals surface area (Å²) in [6.45, 7) is 5.26. The van der Waals surface area contributed by atoms with Gasteiger partial charge in [-0.25, -0.2) is 0 Å². The van der Waals surface area contributed by atoms with Crippen LogP contribution in [0.4, 0.5) is 5.69 Å². The number of para-hydroxylation sites is 2. The number of nitrogens with zero attached hydrogens (tertiary/aromatic N) is 3. The van der Waals surface area contributed by atoms with Crippen LogP contribution in [0.1, 0.15) is 23.3 Å². The fourth-order valence-electron chi connectivity index (χ4n) is 4.27. The van der Waals surface area contributed by atoms with Crippen LogP contribution in [-0.2, 0) is 0 Å². The van der Waals surface area contributed by atoms with Crippen LogP contribution in [0.15, 0.2) is 35.1 Å². The van der Waals surface area contributed by atoms with Crippen molar-refractivity contribution in [3.63, 3.8) is 0 Å². The van der Waals surface area contributed by atoms with Gasteiger partial charge in [-0.3, -0.25) is 24.7 Å². The number of amides is 1. The lowest BCUT2D eigenvalue weighted by Gasteiger charge is -2.44. The van der Waals surface area contributed by atoms with Crippen molar-refractivity contribution in [1.82, 2.24) is 20.0 Å². The Balaban J connectivity index is 1.36. The summed E-state index contributed by atoms with van der Waals surface area (Å²) in [5.74, 6) is 0.807. The number of hydrogen-bond acceptors (Lipinski definition) is 5. The van der Waals surface area contributed by atoms with Gasteiger partial charge in [-0.05, 0) is 25.0 Å². The lowest BCUT2D eigenvalue weighted by Crippen LogP contribution is -2.56. The maximum atomic E-state index is 12.6. The standard InChI is InChI=1S/C20H27N5O3/c1-28-18-7-3-2-6-17(18)24-11-9-23(10-12-24)15-5-4-8-25(14-15)20(27)16-13-19(26)22-21-16/h2-3,6-7,13,15H,4-5,8-12,14H2,1H3,(H2,21,22,26)/t15-/m1/s1. The van der Waals surface area contributed by atoms with Crippen LogP contribution in [0.25, 0.3) is 0 Å². The summed E-state index contributed by atoms with van der Waals surface area (Å²) in [6, 6.07) is 9.83. The molecule has 2 saturated heterocycles. The van der Waals surface area contributed by atoms with Crippen molar-refractivity contribution >= 4 is 11.6 Å². The number of likely N-dealkylation sites (tertiary alicyclic amines) is 1. The Kier molecular flexibility index (Phi) is 5.38. The van der Waals surface area contributed by atoms with Crippen LogP contribution in [0, 0.1) is 0 Å². The number of piperidine rings is 1. The SMILES string of the molecule is COc1ccccc1N1CCN([C@@H]2CCCN(C(=O)c3cc(=O)[nH][nH]3)C2)CC1. The van der Waals surface area contributed by atoms with Gasteiger partial charge in [0.05, 0.1) is 12.8 Å². The van der Waals surface area contributed by atoms with E-state index < -0.39 is 0 Å². The number of piperazine rings is 1. The Hall–Kier alpha value is -2.74. The lowest BCUT2D eigenvalue weighted by atomic mass is 10.0. The normalized spacial score (nSPS) is 21.0. The molecule has 8 heteroatoms. The van der Waals surface area contributed by atoms with E-state index in [1.807, 2.05) is 23.1 Å². The fourth-order valence-corrected chi connectivity index (χ4v) is 4.27. The van der Waals surface area contributed by atoms with Crippen molar-refractivity contribution in [3.05, 3.63) is 46.4 Å². The van der Waals surface area contributed by atoms with Crippen molar-refractivity contribution in [1.29, 1.82) is 0 Å². The third kappa shape index (κ3) is 3.77. The average Bonchev–Trinajstić information content (AvgIpc) is 3.19. The van der Waals surface area contributed by atoms with Gasteiger partial charge in [-0.2, -0.15) is 0 Å². The zero-order valence-corrected chi connectivity index (χ0v) is 16.2. The van der Waals surface area contributed by atoms with Gasteiger partial charge in [0.2, 0.25) is 0 Å². The molecule has 0 bridgehead atoms. The molecule has 150 valence electrons. The van der Waals surface area contributed by atoms with E-state index in [9.17, 15) is 9.59 Å². The molecule has 2 aliphatic heterocycles. The number of benzene rings is 1. The molecule has 0 radical (unpaired) electrons. The van der Waals surface area contributed by atoms with Crippen LogP contribution >= 0.6 is 0 Å². The van der Waals surface area contributed by atoms with Crippen LogP contribution < -0.4 is 15.2 Å². The number of hydrogen-bond donors (Lipinski definition) is 2. The quantitative estimate of drug-likeness (QED) is 0.825. The summed E-state index contributed by atoms with van der Waals surface area (Å²) >= 11 is 0. The van der Waals surface area contributed by atoms with Gasteiger partial charge in [0.15, 0.2) is 0 Å². The van der Waals surface area contributed by atoms with Crippen molar-refractivity contribution in [3.8, 4) is 5.75 Å². The molecule has 1 amide bonds. The van der Waals surface area contributed by atoms with Gasteiger partial charge in [0, 0.05) is 51.4 Å². The first-order chi connectivity index (χ1) is 13.7. The minimum Gasteiger partial charge on any atom is -0.495 e. The molecular formula is C20H27N5O3. The van der Waals surface area contributed by atoms with Gasteiger partial charge in [0.1, 0.15) is 11.4 Å². The Morgan fingerprint density at radius 3 is 2.61 bits per heavy atom. The summed E-state index contributed by atoms with van der Waals surface area (Å²) in [4.78, 5) is 30.7. The maximum absolute atomic E-state index is 12.6. The molecule has 2 N–H and O–H groups in total. The Labute approximate surface area is 164 Å². The van der Waals surface area contributed by atoms with Crippen LogP contribution in [0.5, 0.6) is 5.75 Å². The number of rotatable bonds is 4. The molecule has 4 rings (SSSR count). The van der Waals surface area contributed by atoms with Crippen LogP contribution in [0.2, 0.25) is 0 Å². The topological polar surface area (TPSA) is 84.7 Å². The molecule has 2 aromatic rings. The van der Waals surface area contributed by atoms with Crippen molar-refractivity contribution in [2.24, 2.45) is 0 Å². The monoisotopic (exact) mass is 385 g/mol. The van der Waals surface area contributed by atoms with E-state index in [1.165, 1.54) is 6.07 Å². The molecule has 1 aromatic carbocycles. The summed E-state index contributed by atoms with van der Waals surface area (Å²) in [6.07, 6.45) is 2.08. The van der Waals surface area contributed by atoms with Gasteiger partial charge in [-0.15, -0.1) is 0 Å². The molecule has 2 fully saturated rings. The number of anilines is 1. The Morgan fingerprint density at radius 1 is 1.11 bits per heavy atom. The molecule has 0 spiro atoms. The summed E-state index contributed by atoms with van der Waals surface area (Å²) in [5.41, 5.74) is 1.21. The Bertz CT molecular complexity index is 868. The van der Waals surface area contributed by atoms with E-state index >= 15 is 0 Å². The maximum Gasteiger partial charge on any atom is 0.271 e. The molecule has 0 unspecified atom stereocenters. The highest BCUT2D eigenvalue weighted by Crippen LogP contribution is 2.29. The van der Waals surface area contributed by atoms with Gasteiger partial charge in [0.25, 0.3) is 11.5 Å². The zero-order chi connectivity index (χ0) is 19.5. The molecule has 8 nitrogen and oxygen atoms in total. The van der Waals surface area contributed by atoms with E-state index in [4.69, 9.17) is 4.74 Å². The number of nitrogens with one attached hydrogen (secondary N) is 2. The zero-order valence-electron chi connectivity index (χ0n) is 16.2. The second kappa shape index (κ2) is 8.10. The first-order valence-corrected chi connectivity index (χ1v) is 9.84. The summed E-state index contributed by atoms with van der Waals surface area (Å²) < 4.78 is 5.50. The van der Waals surface area contributed by atoms with E-state index in [-0.39, 0.29) is 11.5 Å². The molecule has 0 saturated carbocycles. The van der Waals surface area contributed by atoms with E-state index in [1.54, 1.807) is 7.11 Å². The molecular weight excluding hydrogens is 358 g/mol. The highest BCUT2D eigenvalue weighted by Gasteiger charge is 2.31. The van der Waals surface area contributed by atoms with Crippen molar-refractivity contribution < 1.29 is 9.53 Å². The van der Waals surface area contributed by atoms with Crippen molar-refractivity contribution in [2.75, 3.05) is 51.3 Å². The summed E-state index contributed by atoms with van der Waals surface area (Å²) in [7, 11) is 1.71. The second-order valence-corrected chi connectivity index (χ2v) is 7.41. The molecule has 0 aliphatic carbocycles. The minimum atomic E-state index is -0.274. The second-order valence-electron chi connectivity index (χ2n) is 7.41. The first-order valence-electron chi connectivity index (χ1n) is 9.84. The third-order valence-corrected chi connectivity index (χ3v) is 5.77. The predicted octanol–water partition coefficient (Wildman–Crippen LogP) is 1.14. The molecule has 2 aliphatic rings. The fraction of sp³-hybridized carbons (Fsp3) is 0.500. The average molecular weight is 385 g/mol. The number of carbonyl (C=O) groups is 1.